The maximum Gasteiger partial charge on any atom is 0.308 e. The first-order valence-corrected chi connectivity index (χ1v) is 8.53. The number of methoxy groups -OCH3 is 1. The third-order valence-electron chi connectivity index (χ3n) is 4.76. The molecule has 0 fully saturated rings. The molecule has 0 bridgehead atoms. The zero-order valence-corrected chi connectivity index (χ0v) is 16.5. The molecule has 2 aromatic carbocycles. The van der Waals surface area contributed by atoms with Gasteiger partial charge in [0.05, 0.1) is 7.11 Å². The predicted molar refractivity (Wildman–Crippen MR) is 102 cm³/mol. The van der Waals surface area contributed by atoms with E-state index in [1.54, 1.807) is 7.11 Å². The summed E-state index contributed by atoms with van der Waals surface area (Å²) in [7, 11) is 1.70. The highest BCUT2D eigenvalue weighted by molar-refractivity contribution is 5.69. The molecule has 0 saturated heterocycles. The number of ether oxygens (including phenoxy) is 2. The van der Waals surface area contributed by atoms with Crippen LogP contribution in [0, 0.1) is 27.7 Å². The summed E-state index contributed by atoms with van der Waals surface area (Å²) in [6.45, 7) is 14.3. The van der Waals surface area contributed by atoms with Crippen molar-refractivity contribution in [2.75, 3.05) is 7.11 Å². The molecular formula is C22H28O3. The predicted octanol–water partition coefficient (Wildman–Crippen LogP) is 5.18. The van der Waals surface area contributed by atoms with Gasteiger partial charge in [-0.1, -0.05) is 13.8 Å². The van der Waals surface area contributed by atoms with E-state index in [0.717, 1.165) is 16.9 Å². The molecule has 0 aliphatic heterocycles. The van der Waals surface area contributed by atoms with Crippen LogP contribution in [0.1, 0.15) is 54.2 Å². The number of aryl methyl sites for hydroxylation is 4. The minimum Gasteiger partial charge on any atom is -0.497 e. The zero-order valence-electron chi connectivity index (χ0n) is 16.5. The Morgan fingerprint density at radius 2 is 1.16 bits per heavy atom. The van der Waals surface area contributed by atoms with Crippen molar-refractivity contribution in [2.45, 2.75) is 53.9 Å². The summed E-state index contributed by atoms with van der Waals surface area (Å²) in [5.41, 5.74) is 7.06. The van der Waals surface area contributed by atoms with E-state index < -0.39 is 0 Å². The van der Waals surface area contributed by atoms with Crippen LogP contribution in [0.3, 0.4) is 0 Å². The lowest BCUT2D eigenvalue weighted by Crippen LogP contribution is -2.24. The van der Waals surface area contributed by atoms with Crippen LogP contribution in [0.15, 0.2) is 24.3 Å². The van der Waals surface area contributed by atoms with E-state index in [0.29, 0.717) is 5.75 Å². The van der Waals surface area contributed by atoms with E-state index in [9.17, 15) is 4.79 Å². The van der Waals surface area contributed by atoms with E-state index in [1.807, 2.05) is 12.1 Å². The molecule has 3 nitrogen and oxygen atoms in total. The molecule has 3 heteroatoms. The Labute approximate surface area is 151 Å². The normalized spacial score (nSPS) is 11.4. The van der Waals surface area contributed by atoms with Gasteiger partial charge in [0.2, 0.25) is 0 Å². The molecule has 0 saturated carbocycles. The quantitative estimate of drug-likeness (QED) is 0.568. The Morgan fingerprint density at radius 1 is 0.800 bits per heavy atom. The van der Waals surface area contributed by atoms with Crippen LogP contribution in [0.2, 0.25) is 0 Å². The molecule has 2 aromatic rings. The SMILES string of the molecule is COc1cc(C)c(C(C)(C)c2c(C)cc(OC(C)=O)cc2C)c(C)c1. The van der Waals surface area contributed by atoms with Crippen molar-refractivity contribution in [2.24, 2.45) is 0 Å². The van der Waals surface area contributed by atoms with Gasteiger partial charge in [0, 0.05) is 12.3 Å². The monoisotopic (exact) mass is 340 g/mol. The Morgan fingerprint density at radius 3 is 1.48 bits per heavy atom. The first-order valence-electron chi connectivity index (χ1n) is 8.53. The summed E-state index contributed by atoms with van der Waals surface area (Å²) in [5, 5.41) is 0. The summed E-state index contributed by atoms with van der Waals surface area (Å²) in [4.78, 5) is 11.3. The molecule has 25 heavy (non-hydrogen) atoms. The maximum absolute atomic E-state index is 11.3. The van der Waals surface area contributed by atoms with Gasteiger partial charge in [-0.25, -0.2) is 0 Å². The molecule has 0 N–H and O–H groups in total. The third-order valence-corrected chi connectivity index (χ3v) is 4.76. The van der Waals surface area contributed by atoms with Crippen LogP contribution in [-0.4, -0.2) is 13.1 Å². The lowest BCUT2D eigenvalue weighted by Gasteiger charge is -2.33. The van der Waals surface area contributed by atoms with Crippen LogP contribution in [0.25, 0.3) is 0 Å². The molecule has 2 rings (SSSR count). The van der Waals surface area contributed by atoms with Crippen LogP contribution in [0.4, 0.5) is 0 Å². The second-order valence-corrected chi connectivity index (χ2v) is 7.29. The molecule has 0 heterocycles. The third kappa shape index (κ3) is 3.71. The highest BCUT2D eigenvalue weighted by atomic mass is 16.5. The van der Waals surface area contributed by atoms with Crippen molar-refractivity contribution in [3.63, 3.8) is 0 Å². The van der Waals surface area contributed by atoms with Gasteiger partial charge < -0.3 is 9.47 Å². The van der Waals surface area contributed by atoms with Gasteiger partial charge in [-0.05, 0) is 85.3 Å². The molecule has 134 valence electrons. The highest BCUT2D eigenvalue weighted by Gasteiger charge is 2.30. The number of hydrogen-bond donors (Lipinski definition) is 0. The molecule has 0 spiro atoms. The zero-order chi connectivity index (χ0) is 18.9. The van der Waals surface area contributed by atoms with Gasteiger partial charge in [0.1, 0.15) is 11.5 Å². The molecule has 0 aliphatic rings. The Balaban J connectivity index is 2.63. The first kappa shape index (κ1) is 19.0. The Hall–Kier alpha value is -2.29. The van der Waals surface area contributed by atoms with Gasteiger partial charge >= 0.3 is 5.97 Å². The molecule has 0 aromatic heterocycles. The largest absolute Gasteiger partial charge is 0.497 e. The van der Waals surface area contributed by atoms with Crippen molar-refractivity contribution in [3.05, 3.63) is 57.6 Å². The fourth-order valence-corrected chi connectivity index (χ4v) is 4.29. The molecule has 0 unspecified atom stereocenters. The van der Waals surface area contributed by atoms with E-state index in [-0.39, 0.29) is 11.4 Å². The van der Waals surface area contributed by atoms with Crippen molar-refractivity contribution >= 4 is 5.97 Å². The van der Waals surface area contributed by atoms with Crippen molar-refractivity contribution in [1.29, 1.82) is 0 Å². The number of carbonyl (C=O) groups is 1. The van der Waals surface area contributed by atoms with E-state index in [4.69, 9.17) is 9.47 Å². The van der Waals surface area contributed by atoms with Gasteiger partial charge in [0.25, 0.3) is 0 Å². The van der Waals surface area contributed by atoms with E-state index in [2.05, 4.69) is 53.7 Å². The molecular weight excluding hydrogens is 312 g/mol. The lowest BCUT2D eigenvalue weighted by molar-refractivity contribution is -0.131. The maximum atomic E-state index is 11.3. The summed E-state index contributed by atoms with van der Waals surface area (Å²) in [6.07, 6.45) is 0. The van der Waals surface area contributed by atoms with Gasteiger partial charge in [-0.2, -0.15) is 0 Å². The standard InChI is InChI=1S/C22H28O3/c1-13-9-18(24-8)10-14(2)20(13)22(6,7)21-15(3)11-19(12-16(21)4)25-17(5)23/h9-12H,1-8H3. The number of hydrogen-bond acceptors (Lipinski definition) is 3. The molecule has 0 amide bonds. The molecule has 0 radical (unpaired) electrons. The minimum absolute atomic E-state index is 0.177. The summed E-state index contributed by atoms with van der Waals surface area (Å²) < 4.78 is 10.7. The van der Waals surface area contributed by atoms with Crippen LogP contribution >= 0.6 is 0 Å². The number of esters is 1. The van der Waals surface area contributed by atoms with E-state index >= 15 is 0 Å². The fourth-order valence-electron chi connectivity index (χ4n) is 4.29. The van der Waals surface area contributed by atoms with Gasteiger partial charge in [0.15, 0.2) is 0 Å². The van der Waals surface area contributed by atoms with Crippen molar-refractivity contribution in [3.8, 4) is 11.5 Å². The number of rotatable bonds is 4. The van der Waals surface area contributed by atoms with Crippen LogP contribution in [0.5, 0.6) is 11.5 Å². The fraction of sp³-hybridized carbons (Fsp3) is 0.409. The highest BCUT2D eigenvalue weighted by Crippen LogP contribution is 2.41. The van der Waals surface area contributed by atoms with E-state index in [1.165, 1.54) is 29.2 Å². The molecule has 0 aliphatic carbocycles. The minimum atomic E-state index is -0.298. The van der Waals surface area contributed by atoms with Crippen molar-refractivity contribution in [1.82, 2.24) is 0 Å². The second-order valence-electron chi connectivity index (χ2n) is 7.29. The summed E-state index contributed by atoms with van der Waals surface area (Å²) in [6, 6.07) is 8.06. The first-order chi connectivity index (χ1) is 11.6. The van der Waals surface area contributed by atoms with Crippen LogP contribution in [-0.2, 0) is 10.2 Å². The number of benzene rings is 2. The van der Waals surface area contributed by atoms with Gasteiger partial charge in [-0.15, -0.1) is 0 Å². The smallest absolute Gasteiger partial charge is 0.308 e. The lowest BCUT2D eigenvalue weighted by atomic mass is 9.71. The Kier molecular flexibility index (Phi) is 5.26. The topological polar surface area (TPSA) is 35.5 Å². The van der Waals surface area contributed by atoms with Crippen molar-refractivity contribution < 1.29 is 14.3 Å². The average molecular weight is 340 g/mol. The Bertz CT molecular complexity index is 770. The summed E-state index contributed by atoms with van der Waals surface area (Å²) >= 11 is 0. The van der Waals surface area contributed by atoms with Gasteiger partial charge in [-0.3, -0.25) is 4.79 Å². The van der Waals surface area contributed by atoms with Crippen LogP contribution < -0.4 is 9.47 Å². The summed E-state index contributed by atoms with van der Waals surface area (Å²) in [5.74, 6) is 1.19. The second kappa shape index (κ2) is 6.91. The average Bonchev–Trinajstić information content (AvgIpc) is 2.43. The number of carbonyl (C=O) groups excluding carboxylic acids is 1. The molecule has 0 atom stereocenters.